The topological polar surface area (TPSA) is 32.3 Å². The van der Waals surface area contributed by atoms with Gasteiger partial charge in [-0.25, -0.2) is 0 Å². The highest BCUT2D eigenvalue weighted by molar-refractivity contribution is 7.99. The Balaban J connectivity index is 2.08. The SMILES string of the molecule is CC(C)(CCCO)CNCCSc1ccccc1. The van der Waals surface area contributed by atoms with Crippen LogP contribution in [0.5, 0.6) is 0 Å². The van der Waals surface area contributed by atoms with Gasteiger partial charge >= 0.3 is 0 Å². The number of hydrogen-bond acceptors (Lipinski definition) is 3. The number of thioether (sulfide) groups is 1. The first-order chi connectivity index (χ1) is 8.64. The number of rotatable bonds is 9. The Morgan fingerprint density at radius 3 is 2.61 bits per heavy atom. The zero-order valence-corrected chi connectivity index (χ0v) is 12.3. The molecule has 2 nitrogen and oxygen atoms in total. The maximum Gasteiger partial charge on any atom is 0.0431 e. The average molecular weight is 267 g/mol. The summed E-state index contributed by atoms with van der Waals surface area (Å²) >= 11 is 1.89. The van der Waals surface area contributed by atoms with Gasteiger partial charge in [0.1, 0.15) is 0 Å². The van der Waals surface area contributed by atoms with Crippen LogP contribution in [-0.2, 0) is 0 Å². The third kappa shape index (κ3) is 7.04. The van der Waals surface area contributed by atoms with Crippen LogP contribution < -0.4 is 5.32 Å². The van der Waals surface area contributed by atoms with Crippen LogP contribution in [0, 0.1) is 5.41 Å². The summed E-state index contributed by atoms with van der Waals surface area (Å²) in [6, 6.07) is 10.5. The Kier molecular flexibility index (Phi) is 7.40. The lowest BCUT2D eigenvalue weighted by molar-refractivity contribution is 0.237. The first-order valence-corrected chi connectivity index (χ1v) is 7.62. The van der Waals surface area contributed by atoms with E-state index in [2.05, 4.69) is 43.4 Å². The third-order valence-electron chi connectivity index (χ3n) is 2.91. The molecular formula is C15H25NOS. The second-order valence-electron chi connectivity index (χ2n) is 5.33. The van der Waals surface area contributed by atoms with Crippen molar-refractivity contribution in [3.05, 3.63) is 30.3 Å². The van der Waals surface area contributed by atoms with Gasteiger partial charge in [0, 0.05) is 30.3 Å². The van der Waals surface area contributed by atoms with E-state index >= 15 is 0 Å². The van der Waals surface area contributed by atoms with E-state index in [-0.39, 0.29) is 5.41 Å². The predicted octanol–water partition coefficient (Wildman–Crippen LogP) is 3.17. The molecular weight excluding hydrogens is 242 g/mol. The van der Waals surface area contributed by atoms with Crippen molar-refractivity contribution in [1.82, 2.24) is 5.32 Å². The zero-order chi connectivity index (χ0) is 13.3. The molecule has 102 valence electrons. The van der Waals surface area contributed by atoms with Gasteiger partial charge < -0.3 is 10.4 Å². The summed E-state index contributed by atoms with van der Waals surface area (Å²) in [4.78, 5) is 1.33. The summed E-state index contributed by atoms with van der Waals surface area (Å²) < 4.78 is 0. The molecule has 2 N–H and O–H groups in total. The van der Waals surface area contributed by atoms with Crippen LogP contribution in [0.15, 0.2) is 35.2 Å². The molecule has 0 atom stereocenters. The van der Waals surface area contributed by atoms with Gasteiger partial charge in [-0.2, -0.15) is 0 Å². The van der Waals surface area contributed by atoms with Crippen molar-refractivity contribution in [2.45, 2.75) is 31.6 Å². The highest BCUT2D eigenvalue weighted by atomic mass is 32.2. The first-order valence-electron chi connectivity index (χ1n) is 6.63. The molecule has 0 saturated heterocycles. The van der Waals surface area contributed by atoms with E-state index < -0.39 is 0 Å². The Morgan fingerprint density at radius 1 is 1.22 bits per heavy atom. The second-order valence-corrected chi connectivity index (χ2v) is 6.50. The standard InChI is InChI=1S/C15H25NOS/c1-15(2,9-6-11-17)13-16-10-12-18-14-7-4-3-5-8-14/h3-5,7-8,16-17H,6,9-13H2,1-2H3. The maximum absolute atomic E-state index is 8.84. The average Bonchev–Trinajstić information content (AvgIpc) is 2.37. The van der Waals surface area contributed by atoms with Gasteiger partial charge in [-0.3, -0.25) is 0 Å². The Bertz CT molecular complexity index is 314. The number of benzene rings is 1. The molecule has 1 rings (SSSR count). The lowest BCUT2D eigenvalue weighted by Gasteiger charge is -2.24. The van der Waals surface area contributed by atoms with Crippen molar-refractivity contribution in [2.75, 3.05) is 25.4 Å². The van der Waals surface area contributed by atoms with Gasteiger partial charge in [0.05, 0.1) is 0 Å². The van der Waals surface area contributed by atoms with E-state index in [0.29, 0.717) is 6.61 Å². The summed E-state index contributed by atoms with van der Waals surface area (Å²) in [5.41, 5.74) is 0.278. The van der Waals surface area contributed by atoms with Gasteiger partial charge in [0.2, 0.25) is 0 Å². The van der Waals surface area contributed by atoms with E-state index in [4.69, 9.17) is 5.11 Å². The molecule has 1 aromatic carbocycles. The summed E-state index contributed by atoms with van der Waals surface area (Å²) in [5, 5.41) is 12.3. The Labute approximate surface area is 115 Å². The summed E-state index contributed by atoms with van der Waals surface area (Å²) in [5.74, 6) is 1.10. The molecule has 0 aliphatic rings. The van der Waals surface area contributed by atoms with Crippen molar-refractivity contribution in [2.24, 2.45) is 5.41 Å². The monoisotopic (exact) mass is 267 g/mol. The normalized spacial score (nSPS) is 11.7. The quantitative estimate of drug-likeness (QED) is 0.532. The van der Waals surface area contributed by atoms with Crippen LogP contribution in [0.3, 0.4) is 0 Å². The minimum atomic E-state index is 0.278. The summed E-state index contributed by atoms with van der Waals surface area (Å²) in [6.45, 7) is 6.84. The first kappa shape index (κ1) is 15.5. The van der Waals surface area contributed by atoms with Crippen LogP contribution in [-0.4, -0.2) is 30.6 Å². The molecule has 0 amide bonds. The van der Waals surface area contributed by atoms with Crippen LogP contribution >= 0.6 is 11.8 Å². The molecule has 0 saturated carbocycles. The molecule has 0 fully saturated rings. The minimum Gasteiger partial charge on any atom is -0.396 e. The van der Waals surface area contributed by atoms with Gasteiger partial charge in [-0.05, 0) is 30.4 Å². The number of aliphatic hydroxyl groups is 1. The molecule has 0 aromatic heterocycles. The largest absolute Gasteiger partial charge is 0.396 e. The lowest BCUT2D eigenvalue weighted by Crippen LogP contribution is -2.31. The summed E-state index contributed by atoms with van der Waals surface area (Å²) in [6.07, 6.45) is 1.97. The van der Waals surface area contributed by atoms with Crippen LogP contribution in [0.1, 0.15) is 26.7 Å². The van der Waals surface area contributed by atoms with Gasteiger partial charge in [0.25, 0.3) is 0 Å². The van der Waals surface area contributed by atoms with Gasteiger partial charge in [-0.1, -0.05) is 32.0 Å². The van der Waals surface area contributed by atoms with E-state index in [0.717, 1.165) is 31.7 Å². The highest BCUT2D eigenvalue weighted by Gasteiger charge is 2.16. The van der Waals surface area contributed by atoms with Crippen molar-refractivity contribution >= 4 is 11.8 Å². The fourth-order valence-corrected chi connectivity index (χ4v) is 2.66. The smallest absolute Gasteiger partial charge is 0.0431 e. The molecule has 0 bridgehead atoms. The van der Waals surface area contributed by atoms with Crippen molar-refractivity contribution in [3.63, 3.8) is 0 Å². The van der Waals surface area contributed by atoms with Crippen molar-refractivity contribution in [3.8, 4) is 0 Å². The lowest BCUT2D eigenvalue weighted by atomic mass is 9.88. The number of hydrogen-bond donors (Lipinski definition) is 2. The molecule has 3 heteroatoms. The second kappa shape index (κ2) is 8.57. The zero-order valence-electron chi connectivity index (χ0n) is 11.5. The molecule has 1 aromatic rings. The van der Waals surface area contributed by atoms with Crippen molar-refractivity contribution in [1.29, 1.82) is 0 Å². The van der Waals surface area contributed by atoms with E-state index in [9.17, 15) is 0 Å². The molecule has 0 radical (unpaired) electrons. The molecule has 0 aliphatic carbocycles. The fraction of sp³-hybridized carbons (Fsp3) is 0.600. The van der Waals surface area contributed by atoms with Gasteiger partial charge in [-0.15, -0.1) is 11.8 Å². The van der Waals surface area contributed by atoms with E-state index in [1.807, 2.05) is 17.8 Å². The van der Waals surface area contributed by atoms with E-state index in [1.54, 1.807) is 0 Å². The number of nitrogens with one attached hydrogen (secondary N) is 1. The predicted molar refractivity (Wildman–Crippen MR) is 80.1 cm³/mol. The van der Waals surface area contributed by atoms with E-state index in [1.165, 1.54) is 4.90 Å². The summed E-state index contributed by atoms with van der Waals surface area (Å²) in [7, 11) is 0. The fourth-order valence-electron chi connectivity index (χ4n) is 1.83. The highest BCUT2D eigenvalue weighted by Crippen LogP contribution is 2.21. The van der Waals surface area contributed by atoms with Crippen LogP contribution in [0.25, 0.3) is 0 Å². The molecule has 0 unspecified atom stereocenters. The number of aliphatic hydroxyl groups excluding tert-OH is 1. The minimum absolute atomic E-state index is 0.278. The molecule has 0 spiro atoms. The van der Waals surface area contributed by atoms with Crippen molar-refractivity contribution < 1.29 is 5.11 Å². The van der Waals surface area contributed by atoms with Crippen LogP contribution in [0.4, 0.5) is 0 Å². The molecule has 18 heavy (non-hydrogen) atoms. The molecule has 0 heterocycles. The Hall–Kier alpha value is -0.510. The molecule has 0 aliphatic heterocycles. The third-order valence-corrected chi connectivity index (χ3v) is 3.92. The maximum atomic E-state index is 8.84. The van der Waals surface area contributed by atoms with Gasteiger partial charge in [0.15, 0.2) is 0 Å². The van der Waals surface area contributed by atoms with Crippen LogP contribution in [0.2, 0.25) is 0 Å². The Morgan fingerprint density at radius 2 is 1.94 bits per heavy atom.